The van der Waals surface area contributed by atoms with Crippen LogP contribution in [0.25, 0.3) is 0 Å². The maximum Gasteiger partial charge on any atom is 0.255 e. The number of amides is 1. The molecule has 0 unspecified atom stereocenters. The quantitative estimate of drug-likeness (QED) is 0.748. The fraction of sp³-hybridized carbons (Fsp3) is 0.278. The number of anilines is 1. The van der Waals surface area contributed by atoms with Gasteiger partial charge in [0.25, 0.3) is 5.91 Å². The molecule has 9 heteroatoms. The van der Waals surface area contributed by atoms with E-state index in [1.165, 1.54) is 41.7 Å². The zero-order valence-electron chi connectivity index (χ0n) is 15.1. The lowest BCUT2D eigenvalue weighted by Crippen LogP contribution is -2.31. The molecule has 0 aliphatic carbocycles. The number of carbonyl (C=O) groups excluding carboxylic acids is 1. The van der Waals surface area contributed by atoms with E-state index in [-0.39, 0.29) is 40.0 Å². The molecule has 1 N–H and O–H groups in total. The highest BCUT2D eigenvalue weighted by atomic mass is 35.5. The van der Waals surface area contributed by atoms with E-state index < -0.39 is 21.7 Å². The summed E-state index contributed by atoms with van der Waals surface area (Å²) in [7, 11) is -2.48. The third-order valence-corrected chi connectivity index (χ3v) is 6.30. The summed E-state index contributed by atoms with van der Waals surface area (Å²) < 4.78 is 45.6. The first-order valence-electron chi connectivity index (χ1n) is 8.19. The number of nitrogens with one attached hydrogen (secondary N) is 1. The van der Waals surface area contributed by atoms with Crippen LogP contribution in [0.3, 0.4) is 0 Å². The predicted molar refractivity (Wildman–Crippen MR) is 102 cm³/mol. The first-order chi connectivity index (χ1) is 12.7. The van der Waals surface area contributed by atoms with E-state index in [0.717, 1.165) is 6.07 Å². The fourth-order valence-electron chi connectivity index (χ4n) is 2.50. The van der Waals surface area contributed by atoms with Crippen molar-refractivity contribution in [2.75, 3.05) is 25.5 Å². The summed E-state index contributed by atoms with van der Waals surface area (Å²) >= 11 is 5.62. The van der Waals surface area contributed by atoms with Crippen LogP contribution < -0.4 is 10.1 Å². The monoisotopic (exact) mass is 414 g/mol. The third kappa shape index (κ3) is 4.58. The zero-order chi connectivity index (χ0) is 20.2. The molecule has 0 bridgehead atoms. The van der Waals surface area contributed by atoms with Crippen molar-refractivity contribution in [2.24, 2.45) is 0 Å². The Labute approximate surface area is 162 Å². The number of hydrogen-bond donors (Lipinski definition) is 1. The van der Waals surface area contributed by atoms with Gasteiger partial charge in [-0.05, 0) is 36.4 Å². The highest BCUT2D eigenvalue weighted by Gasteiger charge is 2.26. The number of sulfonamides is 1. The topological polar surface area (TPSA) is 75.7 Å². The van der Waals surface area contributed by atoms with Gasteiger partial charge in [-0.3, -0.25) is 4.79 Å². The molecule has 2 rings (SSSR count). The number of rotatable bonds is 7. The van der Waals surface area contributed by atoms with Crippen molar-refractivity contribution in [3.8, 4) is 5.75 Å². The van der Waals surface area contributed by atoms with Crippen LogP contribution in [0.4, 0.5) is 10.1 Å². The number of nitrogens with zero attached hydrogens (tertiary/aromatic N) is 1. The van der Waals surface area contributed by atoms with E-state index in [2.05, 4.69) is 5.32 Å². The minimum atomic E-state index is -3.83. The van der Waals surface area contributed by atoms with E-state index in [0.29, 0.717) is 0 Å². The second kappa shape index (κ2) is 8.69. The van der Waals surface area contributed by atoms with Crippen LogP contribution in [0.2, 0.25) is 5.02 Å². The highest BCUT2D eigenvalue weighted by molar-refractivity contribution is 7.89. The maximum atomic E-state index is 13.5. The maximum absolute atomic E-state index is 13.5. The van der Waals surface area contributed by atoms with E-state index in [1.54, 1.807) is 13.8 Å². The first kappa shape index (κ1) is 21.1. The van der Waals surface area contributed by atoms with Gasteiger partial charge in [0.2, 0.25) is 10.0 Å². The molecule has 2 aromatic rings. The van der Waals surface area contributed by atoms with Gasteiger partial charge in [-0.15, -0.1) is 0 Å². The Balaban J connectivity index is 2.41. The van der Waals surface area contributed by atoms with Gasteiger partial charge < -0.3 is 10.1 Å². The summed E-state index contributed by atoms with van der Waals surface area (Å²) in [6, 6.07) is 7.93. The summed E-state index contributed by atoms with van der Waals surface area (Å²) in [5.41, 5.74) is 0.294. The molecule has 0 radical (unpaired) electrons. The van der Waals surface area contributed by atoms with Gasteiger partial charge in [-0.25, -0.2) is 12.8 Å². The minimum absolute atomic E-state index is 0.0648. The SMILES string of the molecule is CCN(CC)S(=O)(=O)c1cc(C(=O)Nc2ccc(Cl)c(F)c2)ccc1OC. The molecule has 0 saturated heterocycles. The van der Waals surface area contributed by atoms with E-state index >= 15 is 0 Å². The Bertz CT molecular complexity index is 946. The van der Waals surface area contributed by atoms with Crippen LogP contribution in [-0.2, 0) is 10.0 Å². The average Bonchev–Trinajstić information content (AvgIpc) is 2.65. The van der Waals surface area contributed by atoms with Crippen LogP contribution in [0, 0.1) is 5.82 Å². The molecule has 27 heavy (non-hydrogen) atoms. The normalized spacial score (nSPS) is 11.5. The Morgan fingerprint density at radius 2 is 1.85 bits per heavy atom. The van der Waals surface area contributed by atoms with E-state index in [1.807, 2.05) is 0 Å². The molecule has 0 aliphatic heterocycles. The van der Waals surface area contributed by atoms with Gasteiger partial charge in [0.05, 0.1) is 12.1 Å². The molecule has 1 amide bonds. The summed E-state index contributed by atoms with van der Waals surface area (Å²) in [5.74, 6) is -1.12. The van der Waals surface area contributed by atoms with Crippen LogP contribution in [0.5, 0.6) is 5.75 Å². The molecule has 0 heterocycles. The lowest BCUT2D eigenvalue weighted by Gasteiger charge is -2.20. The molecular formula is C18H20ClFN2O4S. The van der Waals surface area contributed by atoms with Crippen molar-refractivity contribution < 1.29 is 22.3 Å². The molecule has 0 saturated carbocycles. The molecule has 2 aromatic carbocycles. The largest absolute Gasteiger partial charge is 0.495 e. The highest BCUT2D eigenvalue weighted by Crippen LogP contribution is 2.28. The van der Waals surface area contributed by atoms with Crippen LogP contribution in [0.1, 0.15) is 24.2 Å². The molecule has 0 spiro atoms. The molecule has 0 aromatic heterocycles. The lowest BCUT2D eigenvalue weighted by molar-refractivity contribution is 0.102. The van der Waals surface area contributed by atoms with Crippen molar-refractivity contribution >= 4 is 33.2 Å². The number of benzene rings is 2. The molecular weight excluding hydrogens is 395 g/mol. The molecule has 0 atom stereocenters. The van der Waals surface area contributed by atoms with Gasteiger partial charge >= 0.3 is 0 Å². The molecule has 6 nitrogen and oxygen atoms in total. The standard InChI is InChI=1S/C18H20ClFN2O4S/c1-4-22(5-2)27(24,25)17-10-12(6-9-16(17)26-3)18(23)21-13-7-8-14(19)15(20)11-13/h6-11H,4-5H2,1-3H3,(H,21,23). The number of hydrogen-bond acceptors (Lipinski definition) is 4. The van der Waals surface area contributed by atoms with Gasteiger partial charge in [0.15, 0.2) is 0 Å². The molecule has 0 aliphatic rings. The minimum Gasteiger partial charge on any atom is -0.495 e. The third-order valence-electron chi connectivity index (χ3n) is 3.93. The Kier molecular flexibility index (Phi) is 6.80. The van der Waals surface area contributed by atoms with E-state index in [4.69, 9.17) is 16.3 Å². The number of halogens is 2. The summed E-state index contributed by atoms with van der Waals surface area (Å²) in [5, 5.41) is 2.45. The lowest BCUT2D eigenvalue weighted by atomic mass is 10.2. The number of carbonyl (C=O) groups is 1. The molecule has 0 fully saturated rings. The fourth-order valence-corrected chi connectivity index (χ4v) is 4.26. The second-order valence-corrected chi connectivity index (χ2v) is 7.85. The van der Waals surface area contributed by atoms with Crippen LogP contribution >= 0.6 is 11.6 Å². The van der Waals surface area contributed by atoms with Gasteiger partial charge in [0, 0.05) is 24.3 Å². The van der Waals surface area contributed by atoms with E-state index in [9.17, 15) is 17.6 Å². The summed E-state index contributed by atoms with van der Waals surface area (Å²) in [6.45, 7) is 4.00. The van der Waals surface area contributed by atoms with Crippen molar-refractivity contribution in [3.63, 3.8) is 0 Å². The van der Waals surface area contributed by atoms with Gasteiger partial charge in [-0.2, -0.15) is 4.31 Å². The average molecular weight is 415 g/mol. The number of ether oxygens (including phenoxy) is 1. The Hall–Kier alpha value is -2.16. The first-order valence-corrected chi connectivity index (χ1v) is 10.0. The van der Waals surface area contributed by atoms with Crippen LogP contribution in [-0.4, -0.2) is 38.8 Å². The van der Waals surface area contributed by atoms with Crippen molar-refractivity contribution in [2.45, 2.75) is 18.7 Å². The van der Waals surface area contributed by atoms with Gasteiger partial charge in [-0.1, -0.05) is 25.4 Å². The molecule has 146 valence electrons. The van der Waals surface area contributed by atoms with Crippen LogP contribution in [0.15, 0.2) is 41.3 Å². The van der Waals surface area contributed by atoms with Crippen molar-refractivity contribution in [1.82, 2.24) is 4.31 Å². The van der Waals surface area contributed by atoms with Gasteiger partial charge in [0.1, 0.15) is 16.5 Å². The summed E-state index contributed by atoms with van der Waals surface area (Å²) in [6.07, 6.45) is 0. The van der Waals surface area contributed by atoms with Crippen molar-refractivity contribution in [3.05, 3.63) is 52.8 Å². The Morgan fingerprint density at radius 1 is 1.19 bits per heavy atom. The number of methoxy groups -OCH3 is 1. The predicted octanol–water partition coefficient (Wildman–Crippen LogP) is 3.77. The second-order valence-electron chi connectivity index (χ2n) is 5.54. The summed E-state index contributed by atoms with van der Waals surface area (Å²) in [4.78, 5) is 12.4. The van der Waals surface area contributed by atoms with Crippen molar-refractivity contribution in [1.29, 1.82) is 0 Å². The smallest absolute Gasteiger partial charge is 0.255 e. The Morgan fingerprint density at radius 3 is 2.41 bits per heavy atom. The zero-order valence-corrected chi connectivity index (χ0v) is 16.7.